The molecular weight excluding hydrogens is 356 g/mol. The first-order chi connectivity index (χ1) is 13.0. The standard InChI is InChI=1S/C17H18N4O6/c1-2-26-17(25)27-12-5-3-11(4-6-12)15(23)18-9-10-19-16(24)13-7-8-14(22)21-20-13/h3-8H,2,9-10H2,1H3,(H,18,23)(H,19,24)(H,21,22). The zero-order valence-electron chi connectivity index (χ0n) is 14.5. The molecule has 27 heavy (non-hydrogen) atoms. The maximum Gasteiger partial charge on any atom is 0.513 e. The Morgan fingerprint density at radius 2 is 1.67 bits per heavy atom. The fraction of sp³-hybridized carbons (Fsp3) is 0.235. The Hall–Kier alpha value is -3.69. The third-order valence-corrected chi connectivity index (χ3v) is 3.19. The van der Waals surface area contributed by atoms with Gasteiger partial charge in [0.1, 0.15) is 11.4 Å². The highest BCUT2D eigenvalue weighted by Gasteiger charge is 2.09. The molecule has 10 heteroatoms. The van der Waals surface area contributed by atoms with Crippen molar-refractivity contribution in [2.45, 2.75) is 6.92 Å². The van der Waals surface area contributed by atoms with Gasteiger partial charge in [0.05, 0.1) is 6.61 Å². The molecule has 0 aliphatic carbocycles. The second-order valence-corrected chi connectivity index (χ2v) is 5.13. The van der Waals surface area contributed by atoms with E-state index in [1.807, 2.05) is 0 Å². The normalized spacial score (nSPS) is 9.96. The van der Waals surface area contributed by atoms with Gasteiger partial charge in [-0.1, -0.05) is 0 Å². The van der Waals surface area contributed by atoms with E-state index in [0.717, 1.165) is 0 Å². The Labute approximate surface area is 153 Å². The Bertz CT molecular complexity index is 842. The molecule has 0 spiro atoms. The topological polar surface area (TPSA) is 139 Å². The Kier molecular flexibility index (Phi) is 7.06. The molecule has 0 atom stereocenters. The van der Waals surface area contributed by atoms with Crippen molar-refractivity contribution in [1.29, 1.82) is 0 Å². The van der Waals surface area contributed by atoms with Gasteiger partial charge in [-0.05, 0) is 37.3 Å². The number of H-pyrrole nitrogens is 1. The average molecular weight is 374 g/mol. The van der Waals surface area contributed by atoms with Crippen molar-refractivity contribution >= 4 is 18.0 Å². The number of hydrogen-bond acceptors (Lipinski definition) is 7. The summed E-state index contributed by atoms with van der Waals surface area (Å²) in [6.07, 6.45) is -0.817. The number of aromatic nitrogens is 2. The molecule has 1 heterocycles. The summed E-state index contributed by atoms with van der Waals surface area (Å²) in [5, 5.41) is 10.9. The lowest BCUT2D eigenvalue weighted by atomic mass is 10.2. The summed E-state index contributed by atoms with van der Waals surface area (Å²) in [4.78, 5) is 45.9. The second kappa shape index (κ2) is 9.70. The highest BCUT2D eigenvalue weighted by molar-refractivity contribution is 5.94. The Morgan fingerprint density at radius 3 is 2.26 bits per heavy atom. The minimum atomic E-state index is -0.817. The molecule has 0 fully saturated rings. The van der Waals surface area contributed by atoms with Crippen LogP contribution >= 0.6 is 0 Å². The summed E-state index contributed by atoms with van der Waals surface area (Å²) in [6, 6.07) is 8.41. The van der Waals surface area contributed by atoms with Crippen LogP contribution in [0.15, 0.2) is 41.2 Å². The van der Waals surface area contributed by atoms with Gasteiger partial charge in [0.15, 0.2) is 0 Å². The summed E-state index contributed by atoms with van der Waals surface area (Å²) in [5.41, 5.74) is 0.0236. The van der Waals surface area contributed by atoms with E-state index in [2.05, 4.69) is 25.6 Å². The number of nitrogens with zero attached hydrogens (tertiary/aromatic N) is 1. The molecule has 0 bridgehead atoms. The molecule has 3 N–H and O–H groups in total. The number of hydrogen-bond donors (Lipinski definition) is 3. The molecule has 10 nitrogen and oxygen atoms in total. The number of ether oxygens (including phenoxy) is 2. The van der Waals surface area contributed by atoms with Gasteiger partial charge in [-0.15, -0.1) is 0 Å². The van der Waals surface area contributed by atoms with Crippen molar-refractivity contribution in [2.75, 3.05) is 19.7 Å². The highest BCUT2D eigenvalue weighted by Crippen LogP contribution is 2.12. The molecule has 0 saturated heterocycles. The fourth-order valence-electron chi connectivity index (χ4n) is 1.93. The van der Waals surface area contributed by atoms with Crippen LogP contribution in [0.5, 0.6) is 5.75 Å². The first-order valence-corrected chi connectivity index (χ1v) is 8.06. The SMILES string of the molecule is CCOC(=O)Oc1ccc(C(=O)NCCNC(=O)c2ccc(=O)[nH]n2)cc1. The first-order valence-electron chi connectivity index (χ1n) is 8.06. The van der Waals surface area contributed by atoms with E-state index in [0.29, 0.717) is 5.56 Å². The van der Waals surface area contributed by atoms with E-state index in [1.165, 1.54) is 36.4 Å². The van der Waals surface area contributed by atoms with E-state index in [9.17, 15) is 19.2 Å². The van der Waals surface area contributed by atoms with Crippen LogP contribution in [0.1, 0.15) is 27.8 Å². The Morgan fingerprint density at radius 1 is 1.00 bits per heavy atom. The van der Waals surface area contributed by atoms with Crippen LogP contribution in [0.25, 0.3) is 0 Å². The summed E-state index contributed by atoms with van der Waals surface area (Å²) in [6.45, 7) is 2.23. The predicted octanol–water partition coefficient (Wildman–Crippen LogP) is 0.465. The molecule has 142 valence electrons. The molecule has 1 aromatic carbocycles. The maximum atomic E-state index is 12.0. The molecule has 0 aliphatic rings. The fourth-order valence-corrected chi connectivity index (χ4v) is 1.93. The van der Waals surface area contributed by atoms with E-state index < -0.39 is 17.6 Å². The minimum absolute atomic E-state index is 0.0677. The third kappa shape index (κ3) is 6.27. The molecule has 0 unspecified atom stereocenters. The van der Waals surface area contributed by atoms with Crippen LogP contribution in [0.3, 0.4) is 0 Å². The monoisotopic (exact) mass is 374 g/mol. The summed E-state index contributed by atoms with van der Waals surface area (Å²) >= 11 is 0. The molecule has 2 amide bonds. The lowest BCUT2D eigenvalue weighted by Gasteiger charge is -2.08. The zero-order valence-corrected chi connectivity index (χ0v) is 14.5. The molecule has 2 rings (SSSR count). The molecule has 0 aliphatic heterocycles. The quantitative estimate of drug-likeness (QED) is 0.363. The second-order valence-electron chi connectivity index (χ2n) is 5.13. The van der Waals surface area contributed by atoms with E-state index in [1.54, 1.807) is 6.92 Å². The minimum Gasteiger partial charge on any atom is -0.434 e. The summed E-state index contributed by atoms with van der Waals surface area (Å²) < 4.78 is 9.54. The number of nitrogens with one attached hydrogen (secondary N) is 3. The van der Waals surface area contributed by atoms with Crippen LogP contribution in [0, 0.1) is 0 Å². The van der Waals surface area contributed by atoms with E-state index in [-0.39, 0.29) is 37.0 Å². The van der Waals surface area contributed by atoms with Crippen LogP contribution in [0.4, 0.5) is 4.79 Å². The van der Waals surface area contributed by atoms with Gasteiger partial charge in [-0.2, -0.15) is 5.10 Å². The smallest absolute Gasteiger partial charge is 0.434 e. The number of carbonyl (C=O) groups is 3. The third-order valence-electron chi connectivity index (χ3n) is 3.19. The van der Waals surface area contributed by atoms with Crippen molar-refractivity contribution in [1.82, 2.24) is 20.8 Å². The summed E-state index contributed by atoms with van der Waals surface area (Å²) in [7, 11) is 0. The van der Waals surface area contributed by atoms with Crippen LogP contribution in [0.2, 0.25) is 0 Å². The van der Waals surface area contributed by atoms with Gasteiger partial charge < -0.3 is 20.1 Å². The van der Waals surface area contributed by atoms with Gasteiger partial charge in [-0.3, -0.25) is 14.4 Å². The van der Waals surface area contributed by atoms with Gasteiger partial charge in [0, 0.05) is 24.7 Å². The highest BCUT2D eigenvalue weighted by atomic mass is 16.7. The van der Waals surface area contributed by atoms with Crippen molar-refractivity contribution < 1.29 is 23.9 Å². The van der Waals surface area contributed by atoms with Crippen LogP contribution < -0.4 is 20.9 Å². The number of aromatic amines is 1. The largest absolute Gasteiger partial charge is 0.513 e. The van der Waals surface area contributed by atoms with E-state index in [4.69, 9.17) is 4.74 Å². The van der Waals surface area contributed by atoms with Crippen LogP contribution in [-0.4, -0.2) is 47.9 Å². The van der Waals surface area contributed by atoms with Gasteiger partial charge in [0.2, 0.25) is 0 Å². The molecular formula is C17H18N4O6. The van der Waals surface area contributed by atoms with Crippen molar-refractivity contribution in [3.05, 3.63) is 58.0 Å². The number of rotatable bonds is 7. The molecule has 1 aromatic heterocycles. The number of carbonyl (C=O) groups excluding carboxylic acids is 3. The molecule has 2 aromatic rings. The number of benzene rings is 1. The van der Waals surface area contributed by atoms with Crippen molar-refractivity contribution in [3.63, 3.8) is 0 Å². The van der Waals surface area contributed by atoms with Gasteiger partial charge in [0.25, 0.3) is 17.4 Å². The van der Waals surface area contributed by atoms with E-state index >= 15 is 0 Å². The molecule has 0 saturated carbocycles. The lowest BCUT2D eigenvalue weighted by Crippen LogP contribution is -2.35. The van der Waals surface area contributed by atoms with Crippen molar-refractivity contribution in [3.8, 4) is 5.75 Å². The van der Waals surface area contributed by atoms with Gasteiger partial charge in [-0.25, -0.2) is 9.89 Å². The maximum absolute atomic E-state index is 12.0. The zero-order chi connectivity index (χ0) is 19.6. The summed E-state index contributed by atoms with van der Waals surface area (Å²) in [5.74, 6) is -0.569. The average Bonchev–Trinajstić information content (AvgIpc) is 2.66. The van der Waals surface area contributed by atoms with Crippen LogP contribution in [-0.2, 0) is 4.74 Å². The first kappa shape index (κ1) is 19.6. The predicted molar refractivity (Wildman–Crippen MR) is 93.6 cm³/mol. The van der Waals surface area contributed by atoms with Gasteiger partial charge >= 0.3 is 6.16 Å². The number of amides is 2. The molecule has 0 radical (unpaired) electrons. The Balaban J connectivity index is 1.75. The lowest BCUT2D eigenvalue weighted by molar-refractivity contribution is 0.0924. The van der Waals surface area contributed by atoms with Crippen molar-refractivity contribution in [2.24, 2.45) is 0 Å².